The first-order valence-corrected chi connectivity index (χ1v) is 10.7. The second-order valence-electron chi connectivity index (χ2n) is 8.35. The van der Waals surface area contributed by atoms with Gasteiger partial charge in [-0.15, -0.1) is 5.10 Å². The van der Waals surface area contributed by atoms with Crippen LogP contribution in [-0.2, 0) is 16.1 Å². The second kappa shape index (κ2) is 9.21. The second-order valence-corrected chi connectivity index (χ2v) is 8.35. The largest absolute Gasteiger partial charge is 0.480 e. The topological polar surface area (TPSA) is 106 Å². The van der Waals surface area contributed by atoms with Crippen LogP contribution in [0, 0.1) is 5.92 Å². The number of carbonyl (C=O) groups excluding carboxylic acids is 1. The Hall–Kier alpha value is -3.68. The van der Waals surface area contributed by atoms with E-state index in [1.807, 2.05) is 38.1 Å². The molecule has 1 aliphatic rings. The molecule has 1 aromatic heterocycles. The first kappa shape index (κ1) is 21.5. The fourth-order valence-electron chi connectivity index (χ4n) is 4.13. The third-order valence-electron chi connectivity index (χ3n) is 5.61. The summed E-state index contributed by atoms with van der Waals surface area (Å²) in [5.41, 5.74) is 5.10. The summed E-state index contributed by atoms with van der Waals surface area (Å²) >= 11 is 0. The molecule has 8 nitrogen and oxygen atoms in total. The molecule has 0 unspecified atom stereocenters. The third kappa shape index (κ3) is 4.49. The number of hydrogen-bond acceptors (Lipinski definition) is 5. The van der Waals surface area contributed by atoms with Crippen molar-refractivity contribution < 1.29 is 19.4 Å². The molecule has 0 saturated heterocycles. The highest BCUT2D eigenvalue weighted by atomic mass is 16.5. The monoisotopic (exact) mass is 434 g/mol. The van der Waals surface area contributed by atoms with Crippen LogP contribution < -0.4 is 5.32 Å². The van der Waals surface area contributed by atoms with E-state index in [0.717, 1.165) is 11.1 Å². The molecule has 8 heteroatoms. The molecule has 4 rings (SSSR count). The summed E-state index contributed by atoms with van der Waals surface area (Å²) < 4.78 is 6.84. The lowest BCUT2D eigenvalue weighted by atomic mass is 9.98. The number of fused-ring (bicyclic) bond motifs is 3. The number of carbonyl (C=O) groups is 2. The van der Waals surface area contributed by atoms with Crippen LogP contribution in [0.1, 0.15) is 49.0 Å². The van der Waals surface area contributed by atoms with Gasteiger partial charge in [-0.1, -0.05) is 67.6 Å². The molecule has 0 fully saturated rings. The van der Waals surface area contributed by atoms with Crippen LogP contribution >= 0.6 is 0 Å². The fraction of sp³-hybridized carbons (Fsp3) is 0.333. The number of carboxylic acid groups (broad SMARTS) is 1. The summed E-state index contributed by atoms with van der Waals surface area (Å²) in [6.07, 6.45) is 1.43. The van der Waals surface area contributed by atoms with Crippen molar-refractivity contribution in [2.75, 3.05) is 6.61 Å². The summed E-state index contributed by atoms with van der Waals surface area (Å²) in [6, 6.07) is 15.5. The predicted molar refractivity (Wildman–Crippen MR) is 118 cm³/mol. The lowest BCUT2D eigenvalue weighted by Gasteiger charge is -2.14. The number of nitrogens with one attached hydrogen (secondary N) is 1. The molecule has 0 bridgehead atoms. The van der Waals surface area contributed by atoms with E-state index in [1.165, 1.54) is 15.8 Å². The van der Waals surface area contributed by atoms with Crippen LogP contribution in [0.4, 0.5) is 4.79 Å². The van der Waals surface area contributed by atoms with Crippen molar-refractivity contribution in [2.45, 2.75) is 38.8 Å². The summed E-state index contributed by atoms with van der Waals surface area (Å²) in [7, 11) is 0. The van der Waals surface area contributed by atoms with Gasteiger partial charge in [0.1, 0.15) is 12.3 Å². The van der Waals surface area contributed by atoms with Crippen LogP contribution in [0.15, 0.2) is 54.7 Å². The summed E-state index contributed by atoms with van der Waals surface area (Å²) in [5.74, 6) is -0.774. The van der Waals surface area contributed by atoms with E-state index in [2.05, 4.69) is 39.9 Å². The van der Waals surface area contributed by atoms with Crippen molar-refractivity contribution in [2.24, 2.45) is 5.92 Å². The molecule has 2 aromatic carbocycles. The Morgan fingerprint density at radius 1 is 1.09 bits per heavy atom. The van der Waals surface area contributed by atoms with Gasteiger partial charge in [0.15, 0.2) is 6.04 Å². The van der Waals surface area contributed by atoms with Gasteiger partial charge in [0, 0.05) is 5.92 Å². The maximum Gasteiger partial charge on any atom is 0.407 e. The Morgan fingerprint density at radius 2 is 1.72 bits per heavy atom. The Morgan fingerprint density at radius 3 is 2.31 bits per heavy atom. The highest BCUT2D eigenvalue weighted by Gasteiger charge is 2.29. The number of ether oxygens (including phenoxy) is 1. The molecule has 1 heterocycles. The molecule has 0 spiro atoms. The maximum absolute atomic E-state index is 12.3. The summed E-state index contributed by atoms with van der Waals surface area (Å²) in [5, 5.41) is 20.0. The van der Waals surface area contributed by atoms with Crippen LogP contribution in [0.2, 0.25) is 0 Å². The number of amides is 1. The number of aromatic nitrogens is 3. The lowest BCUT2D eigenvalue weighted by molar-refractivity contribution is -0.141. The van der Waals surface area contributed by atoms with Gasteiger partial charge in [-0.3, -0.25) is 0 Å². The summed E-state index contributed by atoms with van der Waals surface area (Å²) in [4.78, 5) is 23.8. The van der Waals surface area contributed by atoms with Crippen LogP contribution in [0.5, 0.6) is 0 Å². The van der Waals surface area contributed by atoms with Crippen molar-refractivity contribution in [3.05, 3.63) is 71.5 Å². The van der Waals surface area contributed by atoms with Gasteiger partial charge in [-0.25, -0.2) is 14.3 Å². The zero-order valence-electron chi connectivity index (χ0n) is 18.1. The minimum atomic E-state index is -0.959. The third-order valence-corrected chi connectivity index (χ3v) is 5.61. The van der Waals surface area contributed by atoms with Crippen LogP contribution in [-0.4, -0.2) is 38.8 Å². The first-order valence-electron chi connectivity index (χ1n) is 10.7. The zero-order valence-corrected chi connectivity index (χ0v) is 18.1. The van der Waals surface area contributed by atoms with Gasteiger partial charge in [-0.05, 0) is 34.6 Å². The maximum atomic E-state index is 12.3. The molecule has 32 heavy (non-hydrogen) atoms. The van der Waals surface area contributed by atoms with Gasteiger partial charge in [0.25, 0.3) is 0 Å². The van der Waals surface area contributed by atoms with Gasteiger partial charge in [-0.2, -0.15) is 0 Å². The standard InChI is InChI=1S/C24H26N4O4/c1-15(2)11-22(23(29)30)28-13-16(26-27-28)12-25-24(31)32-14-21-19-9-5-3-7-17(19)18-8-4-6-10-20(18)21/h3-10,13,15,21-22H,11-12,14H2,1-2H3,(H,25,31)(H,29,30)/t22-/m0/s1. The smallest absolute Gasteiger partial charge is 0.407 e. The highest BCUT2D eigenvalue weighted by Crippen LogP contribution is 2.44. The Bertz CT molecular complexity index is 1080. The molecule has 0 saturated carbocycles. The molecule has 1 amide bonds. The first-order chi connectivity index (χ1) is 15.4. The average Bonchev–Trinajstić information content (AvgIpc) is 3.37. The summed E-state index contributed by atoms with van der Waals surface area (Å²) in [6.45, 7) is 4.23. The van der Waals surface area contributed by atoms with Gasteiger partial charge in [0.05, 0.1) is 12.7 Å². The Balaban J connectivity index is 1.35. The van der Waals surface area contributed by atoms with Gasteiger partial charge < -0.3 is 15.2 Å². The SMILES string of the molecule is CC(C)C[C@@H](C(=O)O)n1cc(CNC(=O)OCC2c3ccccc3-c3ccccc32)nn1. The Kier molecular flexibility index (Phi) is 6.20. The van der Waals surface area contributed by atoms with E-state index >= 15 is 0 Å². The zero-order chi connectivity index (χ0) is 22.7. The van der Waals surface area contributed by atoms with Gasteiger partial charge in [0.2, 0.25) is 0 Å². The van der Waals surface area contributed by atoms with Crippen LogP contribution in [0.3, 0.4) is 0 Å². The van der Waals surface area contributed by atoms with E-state index in [-0.39, 0.29) is 25.0 Å². The molecule has 1 aliphatic carbocycles. The average molecular weight is 434 g/mol. The number of hydrogen-bond donors (Lipinski definition) is 2. The number of benzene rings is 2. The predicted octanol–water partition coefficient (Wildman–Crippen LogP) is 3.99. The Labute approximate surface area is 186 Å². The van der Waals surface area contributed by atoms with Crippen LogP contribution in [0.25, 0.3) is 11.1 Å². The number of alkyl carbamates (subject to hydrolysis) is 1. The van der Waals surface area contributed by atoms with Gasteiger partial charge >= 0.3 is 12.1 Å². The van der Waals surface area contributed by atoms with E-state index in [1.54, 1.807) is 6.20 Å². The number of nitrogens with zero attached hydrogens (tertiary/aromatic N) is 3. The lowest BCUT2D eigenvalue weighted by Crippen LogP contribution is -2.26. The highest BCUT2D eigenvalue weighted by molar-refractivity contribution is 5.79. The molecule has 166 valence electrons. The fourth-order valence-corrected chi connectivity index (χ4v) is 4.13. The minimum Gasteiger partial charge on any atom is -0.480 e. The van der Waals surface area contributed by atoms with Crippen molar-refractivity contribution >= 4 is 12.1 Å². The molecule has 0 radical (unpaired) electrons. The van der Waals surface area contributed by atoms with E-state index in [4.69, 9.17) is 4.74 Å². The molecule has 0 aliphatic heterocycles. The van der Waals surface area contributed by atoms with Crippen molar-refractivity contribution in [1.82, 2.24) is 20.3 Å². The van der Waals surface area contributed by atoms with E-state index < -0.39 is 18.1 Å². The van der Waals surface area contributed by atoms with Crippen molar-refractivity contribution in [3.8, 4) is 11.1 Å². The minimum absolute atomic E-state index is 0.0126. The van der Waals surface area contributed by atoms with E-state index in [0.29, 0.717) is 12.1 Å². The van der Waals surface area contributed by atoms with E-state index in [9.17, 15) is 14.7 Å². The molecular formula is C24H26N4O4. The molecule has 2 N–H and O–H groups in total. The van der Waals surface area contributed by atoms with Crippen molar-refractivity contribution in [3.63, 3.8) is 0 Å². The van der Waals surface area contributed by atoms with Crippen molar-refractivity contribution in [1.29, 1.82) is 0 Å². The molecule has 3 aromatic rings. The molecular weight excluding hydrogens is 408 g/mol. The number of rotatable bonds is 8. The molecule has 1 atom stereocenters. The number of carboxylic acids is 1. The quantitative estimate of drug-likeness (QED) is 0.555. The normalized spacial score (nSPS) is 13.5. The number of aliphatic carboxylic acids is 1.